The van der Waals surface area contributed by atoms with Crippen molar-refractivity contribution in [3.8, 4) is 0 Å². The van der Waals surface area contributed by atoms with Gasteiger partial charge in [0.1, 0.15) is 0 Å². The van der Waals surface area contributed by atoms with Gasteiger partial charge in [0.05, 0.1) is 0 Å². The molecule has 0 aromatic heterocycles. The van der Waals surface area contributed by atoms with Crippen LogP contribution in [-0.2, 0) is 15.6 Å². The van der Waals surface area contributed by atoms with Gasteiger partial charge >= 0.3 is 193 Å². The van der Waals surface area contributed by atoms with Gasteiger partial charge in [-0.15, -0.1) is 0 Å². The van der Waals surface area contributed by atoms with Gasteiger partial charge in [0.15, 0.2) is 0 Å². The standard InChI is InChI=1S/C6H4NO2.C6H8O8.K.2H2O.Sb/c8-7(9)6-4-2-1-3-5-6;7-1(3(9)5(11)12)2(8)4(10)6(13)14;;;;/h2-5H;1-4,7,9H,(H,11,12)(H,13,14);;2*1H2;/q;-2;+1;;;+2. The number of carboxylic acid groups (broad SMARTS) is 2. The molecular formula is C12H16KNO12Sb+. The molecule has 0 saturated carbocycles. The molecule has 1 aliphatic heterocycles. The number of rotatable bonds is 6. The average Bonchev–Trinajstić information content (AvgIpc) is 2.98. The Morgan fingerprint density at radius 2 is 1.63 bits per heavy atom. The van der Waals surface area contributed by atoms with Gasteiger partial charge in [0.2, 0.25) is 0 Å². The van der Waals surface area contributed by atoms with Crippen LogP contribution in [0.3, 0.4) is 0 Å². The number of hydrogen-bond donors (Lipinski definition) is 4. The van der Waals surface area contributed by atoms with Gasteiger partial charge in [-0.25, -0.2) is 0 Å². The summed E-state index contributed by atoms with van der Waals surface area (Å²) >= 11 is -3.36. The minimum absolute atomic E-state index is 0. The van der Waals surface area contributed by atoms with Crippen molar-refractivity contribution < 1.29 is 103 Å². The van der Waals surface area contributed by atoms with Gasteiger partial charge in [0.25, 0.3) is 0 Å². The minimum Gasteiger partial charge on any atom is 1.00 e. The fourth-order valence-electron chi connectivity index (χ4n) is 1.92. The predicted molar refractivity (Wildman–Crippen MR) is 82.7 cm³/mol. The van der Waals surface area contributed by atoms with E-state index in [0.717, 1.165) is 0 Å². The summed E-state index contributed by atoms with van der Waals surface area (Å²) < 4.78 is 11.1. The van der Waals surface area contributed by atoms with Crippen LogP contribution in [0.15, 0.2) is 24.3 Å². The molecule has 1 aromatic rings. The summed E-state index contributed by atoms with van der Waals surface area (Å²) in [4.78, 5) is 32.0. The Bertz CT molecular complexity index is 658. The van der Waals surface area contributed by atoms with Crippen molar-refractivity contribution in [3.05, 3.63) is 34.4 Å². The van der Waals surface area contributed by atoms with Crippen molar-refractivity contribution in [2.24, 2.45) is 0 Å². The number of hydrogen-bond acceptors (Lipinski definition) is 8. The number of aliphatic hydroxyl groups excluding tert-OH is 2. The Hall–Kier alpha value is -0.225. The van der Waals surface area contributed by atoms with Crippen molar-refractivity contribution in [2.75, 3.05) is 0 Å². The molecule has 1 fully saturated rings. The monoisotopic (exact) mass is 526 g/mol. The average molecular weight is 527 g/mol. The molecule has 2 rings (SSSR count). The number of nitro benzene ring substituents is 1. The van der Waals surface area contributed by atoms with E-state index in [1.165, 1.54) is 24.3 Å². The first-order valence-electron chi connectivity index (χ1n) is 6.42. The number of non-ortho nitro benzene ring substituents is 1. The minimum atomic E-state index is -3.36. The first-order chi connectivity index (χ1) is 11.2. The van der Waals surface area contributed by atoms with Crippen LogP contribution in [0.25, 0.3) is 0 Å². The number of carboxylic acids is 2. The van der Waals surface area contributed by atoms with Crippen LogP contribution in [0.1, 0.15) is 0 Å². The summed E-state index contributed by atoms with van der Waals surface area (Å²) in [6.07, 6.45) is -7.45. The molecule has 0 spiro atoms. The Morgan fingerprint density at radius 3 is 2.04 bits per heavy atom. The van der Waals surface area contributed by atoms with Crippen molar-refractivity contribution >= 4 is 42.2 Å². The molecule has 4 atom stereocenters. The summed E-state index contributed by atoms with van der Waals surface area (Å²) in [6.45, 7) is 0. The Morgan fingerprint density at radius 1 is 1.11 bits per heavy atom. The van der Waals surface area contributed by atoms with Crippen LogP contribution in [0, 0.1) is 10.1 Å². The summed E-state index contributed by atoms with van der Waals surface area (Å²) in [7, 11) is 0. The fourth-order valence-corrected chi connectivity index (χ4v) is 6.37. The molecule has 1 aromatic carbocycles. The van der Waals surface area contributed by atoms with E-state index in [4.69, 9.17) is 16.2 Å². The third-order valence-corrected chi connectivity index (χ3v) is 7.64. The molecule has 27 heavy (non-hydrogen) atoms. The van der Waals surface area contributed by atoms with Crippen molar-refractivity contribution in [1.29, 1.82) is 0 Å². The second kappa shape index (κ2) is 12.4. The number of aliphatic hydroxyl groups is 2. The van der Waals surface area contributed by atoms with Crippen molar-refractivity contribution in [3.63, 3.8) is 0 Å². The van der Waals surface area contributed by atoms with Crippen LogP contribution in [-0.4, -0.2) is 93.7 Å². The topological polar surface area (TPSA) is 240 Å². The molecule has 0 aliphatic carbocycles. The van der Waals surface area contributed by atoms with Gasteiger partial charge in [-0.05, 0) is 0 Å². The number of aliphatic carboxylic acids is 2. The maximum Gasteiger partial charge on any atom is 1.00 e. The third-order valence-electron chi connectivity index (χ3n) is 3.15. The maximum absolute atomic E-state index is 11.2. The molecule has 15 heteroatoms. The molecule has 0 bridgehead atoms. The van der Waals surface area contributed by atoms with E-state index in [1.54, 1.807) is 0 Å². The van der Waals surface area contributed by atoms with E-state index in [1.807, 2.05) is 0 Å². The molecule has 13 nitrogen and oxygen atoms in total. The summed E-state index contributed by atoms with van der Waals surface area (Å²) in [5.74, 6) is -3.22. The first kappa shape index (κ1) is 29.0. The molecule has 8 N–H and O–H groups in total. The van der Waals surface area contributed by atoms with E-state index < -0.39 is 62.3 Å². The van der Waals surface area contributed by atoms with Crippen molar-refractivity contribution in [2.45, 2.75) is 24.4 Å². The fraction of sp³-hybridized carbons (Fsp3) is 0.333. The zero-order chi connectivity index (χ0) is 18.0. The Balaban J connectivity index is 0. The quantitative estimate of drug-likeness (QED) is 0.155. The number of nitro groups is 1. The maximum atomic E-state index is 11.2. The molecule has 1 aliphatic rings. The van der Waals surface area contributed by atoms with Gasteiger partial charge in [0, 0.05) is 0 Å². The number of carbonyl (C=O) groups is 2. The Labute approximate surface area is 202 Å². The van der Waals surface area contributed by atoms with Gasteiger partial charge in [-0.1, -0.05) is 0 Å². The van der Waals surface area contributed by atoms with Crippen molar-refractivity contribution in [1.82, 2.24) is 0 Å². The smallest absolute Gasteiger partial charge is 1.00 e. The van der Waals surface area contributed by atoms with E-state index in [9.17, 15) is 29.9 Å². The summed E-state index contributed by atoms with van der Waals surface area (Å²) in [6, 6.07) is 5.08. The Kier molecular flexibility index (Phi) is 13.3. The van der Waals surface area contributed by atoms with Crippen LogP contribution in [0.2, 0.25) is 0 Å². The zero-order valence-corrected chi connectivity index (χ0v) is 19.4. The third kappa shape index (κ3) is 6.95. The molecule has 1 saturated heterocycles. The van der Waals surface area contributed by atoms with E-state index in [-0.39, 0.29) is 68.0 Å². The first-order valence-corrected chi connectivity index (χ1v) is 9.78. The van der Waals surface area contributed by atoms with Gasteiger partial charge in [-0.3, -0.25) is 0 Å². The molecule has 0 radical (unpaired) electrons. The van der Waals surface area contributed by atoms with E-state index in [2.05, 4.69) is 0 Å². The SMILES string of the molecule is O.O.O=C(O)C(O)C(O)C1[O][Sb]([c]2ccc([N+](=O)[O-])cc2)[O]C1C(=O)O.[K+]. The second-order valence-corrected chi connectivity index (χ2v) is 8.88. The van der Waals surface area contributed by atoms with Gasteiger partial charge in [-0.2, -0.15) is 0 Å². The number of nitrogens with zero attached hydrogens (tertiary/aromatic N) is 1. The van der Waals surface area contributed by atoms with E-state index >= 15 is 0 Å². The zero-order valence-electron chi connectivity index (χ0n) is 13.8. The largest absolute Gasteiger partial charge is 1.00 e. The molecule has 0 amide bonds. The van der Waals surface area contributed by atoms with Gasteiger partial charge < -0.3 is 11.0 Å². The predicted octanol–water partition coefficient (Wildman–Crippen LogP) is -6.68. The molecule has 146 valence electrons. The van der Waals surface area contributed by atoms with Crippen LogP contribution < -0.4 is 54.9 Å². The summed E-state index contributed by atoms with van der Waals surface area (Å²) in [5.41, 5.74) is -0.175. The molecular weight excluding hydrogens is 511 g/mol. The molecule has 1 heterocycles. The number of benzene rings is 1. The van der Waals surface area contributed by atoms with E-state index in [0.29, 0.717) is 3.51 Å². The van der Waals surface area contributed by atoms with Crippen LogP contribution in [0.5, 0.6) is 0 Å². The van der Waals surface area contributed by atoms with Crippen LogP contribution in [0.4, 0.5) is 5.69 Å². The second-order valence-electron chi connectivity index (χ2n) is 4.74. The molecule has 4 unspecified atom stereocenters. The summed E-state index contributed by atoms with van der Waals surface area (Å²) in [5, 5.41) is 47.7. The normalized spacial score (nSPS) is 21.0. The van der Waals surface area contributed by atoms with Crippen LogP contribution >= 0.6 is 0 Å².